The van der Waals surface area contributed by atoms with Crippen molar-refractivity contribution >= 4 is 83.5 Å². The number of para-hydroxylation sites is 2. The van der Waals surface area contributed by atoms with E-state index < -0.39 is 163 Å². The van der Waals surface area contributed by atoms with Gasteiger partial charge >= 0.3 is 48.2 Å². The van der Waals surface area contributed by atoms with Gasteiger partial charge in [-0.1, -0.05) is 105 Å². The van der Waals surface area contributed by atoms with Crippen LogP contribution in [0.1, 0.15) is 130 Å². The molecule has 1 saturated heterocycles. The number of aliphatic hydroxyl groups is 1. The molecule has 7 aromatic rings. The minimum absolute atomic E-state index is 0.00249. The maximum absolute atomic E-state index is 16.0. The molecule has 3 N–H and O–H groups in total. The Hall–Kier alpha value is -9.42. The number of aromatic amines is 2. The number of aryl methyl sites for hydroxylation is 2. The highest BCUT2D eigenvalue weighted by Crippen LogP contribution is 2.68. The van der Waals surface area contributed by atoms with E-state index >= 15 is 4.79 Å². The van der Waals surface area contributed by atoms with E-state index in [1.165, 1.54) is 52.5 Å². The molecule has 12 atom stereocenters. The smallest absolute Gasteiger partial charge is 0.490 e. The number of fused-ring (bicyclic) bond motifs is 7. The molecule has 6 aliphatic rings. The van der Waals surface area contributed by atoms with Crippen molar-refractivity contribution in [2.45, 2.75) is 180 Å². The van der Waals surface area contributed by atoms with E-state index in [9.17, 15) is 72.3 Å². The summed E-state index contributed by atoms with van der Waals surface area (Å²) < 4.78 is 190. The lowest BCUT2D eigenvalue weighted by Gasteiger charge is -2.63. The quantitative estimate of drug-likeness (QED) is 0.0223. The number of methoxy groups -OCH3 is 4. The number of aromatic nitrogens is 2. The molecule has 2 aromatic heterocycles. The van der Waals surface area contributed by atoms with Crippen LogP contribution in [0, 0.1) is 31.1 Å². The van der Waals surface area contributed by atoms with Crippen LogP contribution in [0.25, 0.3) is 21.8 Å². The minimum Gasteiger partial charge on any atom is -0.496 e. The Morgan fingerprint density at radius 3 is 1.62 bits per heavy atom. The van der Waals surface area contributed by atoms with Crippen LogP contribution in [0.5, 0.6) is 5.75 Å². The average molecular weight is 1730 g/mol. The first-order chi connectivity index (χ1) is 57.0. The molecule has 26 nitrogen and oxygen atoms in total. The number of carbonyl (C=O) groups excluding carboxylic acids is 6. The van der Waals surface area contributed by atoms with Crippen LogP contribution in [0.2, 0.25) is 0 Å². The first kappa shape index (κ1) is 90.8. The van der Waals surface area contributed by atoms with Gasteiger partial charge in [-0.3, -0.25) is 27.6 Å². The lowest BCUT2D eigenvalue weighted by Crippen LogP contribution is -2.81. The topological polar surface area (TPSA) is 319 Å². The number of H-pyrrole nitrogens is 2. The Bertz CT molecular complexity index is 5340. The average Bonchev–Trinajstić information content (AvgIpc) is 1.49. The first-order valence-corrected chi connectivity index (χ1v) is 43.0. The summed E-state index contributed by atoms with van der Waals surface area (Å²) in [7, 11) is 1.26. The zero-order valence-corrected chi connectivity index (χ0v) is 71.4. The van der Waals surface area contributed by atoms with Crippen molar-refractivity contribution in [3.05, 3.63) is 166 Å². The summed E-state index contributed by atoms with van der Waals surface area (Å²) >= 11 is 0. The van der Waals surface area contributed by atoms with Gasteiger partial charge in [0.25, 0.3) is 20.2 Å². The van der Waals surface area contributed by atoms with E-state index in [0.29, 0.717) is 78.0 Å². The van der Waals surface area contributed by atoms with Gasteiger partial charge in [-0.25, -0.2) is 14.4 Å². The number of anilines is 1. The van der Waals surface area contributed by atoms with E-state index in [0.717, 1.165) is 34.7 Å². The Kier molecular flexibility index (Phi) is 26.0. The lowest BCUT2D eigenvalue weighted by atomic mass is 9.47. The second kappa shape index (κ2) is 34.7. The molecule has 2 fully saturated rings. The van der Waals surface area contributed by atoms with Crippen LogP contribution >= 0.6 is 0 Å². The molecule has 1 aliphatic carbocycles. The van der Waals surface area contributed by atoms with E-state index in [1.807, 2.05) is 73.7 Å². The van der Waals surface area contributed by atoms with E-state index in [-0.39, 0.29) is 72.8 Å². The molecule has 5 aliphatic heterocycles. The van der Waals surface area contributed by atoms with E-state index in [2.05, 4.69) is 14.9 Å². The number of esters is 6. The van der Waals surface area contributed by atoms with Crippen molar-refractivity contribution in [1.29, 1.82) is 0 Å². The number of nitrogens with zero attached hydrogens (tertiary/aromatic N) is 4. The van der Waals surface area contributed by atoms with Gasteiger partial charge in [-0.05, 0) is 170 Å². The zero-order valence-electron chi connectivity index (χ0n) is 69.8. The van der Waals surface area contributed by atoms with Crippen LogP contribution < -0.4 is 9.64 Å². The fourth-order valence-corrected chi connectivity index (χ4v) is 22.3. The second-order valence-electron chi connectivity index (χ2n) is 33.0. The third-order valence-corrected chi connectivity index (χ3v) is 28.2. The van der Waals surface area contributed by atoms with Crippen LogP contribution in [-0.2, 0) is 109 Å². The highest BCUT2D eigenvalue weighted by Gasteiger charge is 2.80. The van der Waals surface area contributed by atoms with Crippen molar-refractivity contribution in [2.24, 2.45) is 17.3 Å². The van der Waals surface area contributed by atoms with Crippen LogP contribution in [0.15, 0.2) is 131 Å². The predicted octanol–water partition coefficient (Wildman–Crippen LogP) is 11.7. The third kappa shape index (κ3) is 16.9. The molecule has 7 heterocycles. The number of rotatable bonds is 19. The molecule has 121 heavy (non-hydrogen) atoms. The number of ether oxygens (including phenoxy) is 7. The molecule has 3 unspecified atom stereocenters. The largest absolute Gasteiger partial charge is 0.496 e. The fraction of sp³-hybridized carbons (Fsp3) is 0.517. The van der Waals surface area contributed by atoms with Gasteiger partial charge in [0.1, 0.15) is 22.4 Å². The number of carbonyl (C=O) groups is 6. The Balaban J connectivity index is 0.000000258. The van der Waals surface area contributed by atoms with Crippen molar-refractivity contribution in [1.82, 2.24) is 24.7 Å². The van der Waals surface area contributed by atoms with Gasteiger partial charge < -0.3 is 62.9 Å². The van der Waals surface area contributed by atoms with Gasteiger partial charge in [0.15, 0.2) is 6.10 Å². The SMILES string of the molecule is CC[C@]1(OC(=O)C(F)(F)F)C[C@H](COS(=O)(=O)c2ccc(C)cc2)CC(C(=O)OC)c2[nH]c3ccccc3c2CCN(C)C1.CC[C@]1(OC(=O)C(F)(F)F)C[C@H](COS(=O)(=O)c2ccc(C)cc2)C[C@](C(=O)OC)(c2cc3c(cc2OC)N(C)[C@H]2C(O)(C(=O)OC)[C@H](OC(C)=O)[C@]4(CC)C=CCN5CCC32[C@@H]54)c2[nH]c3ccccc3c2CCN(C)C1. The molecule has 0 amide bonds. The lowest BCUT2D eigenvalue weighted by molar-refractivity contribution is -0.228. The third-order valence-electron chi connectivity index (χ3n) is 25.6. The minimum atomic E-state index is -5.40. The van der Waals surface area contributed by atoms with Gasteiger partial charge in [-0.15, -0.1) is 0 Å². The summed E-state index contributed by atoms with van der Waals surface area (Å²) in [6, 6.07) is 28.6. The number of hydrogen-bond donors (Lipinski definition) is 3. The van der Waals surface area contributed by atoms with Gasteiger partial charge in [0.05, 0.1) is 63.4 Å². The normalized spacial score (nSPS) is 27.4. The first-order valence-electron chi connectivity index (χ1n) is 40.2. The van der Waals surface area contributed by atoms with Gasteiger partial charge in [0, 0.05) is 114 Å². The number of nitrogens with one attached hydrogen (secondary N) is 2. The Labute approximate surface area is 699 Å². The van der Waals surface area contributed by atoms with Crippen molar-refractivity contribution < 1.29 is 119 Å². The molecule has 34 heteroatoms. The number of alkyl halides is 6. The van der Waals surface area contributed by atoms with Crippen LogP contribution in [0.3, 0.4) is 0 Å². The highest BCUT2D eigenvalue weighted by molar-refractivity contribution is 7.87. The maximum atomic E-state index is 16.0. The molecule has 13 rings (SSSR count). The summed E-state index contributed by atoms with van der Waals surface area (Å²) in [6.07, 6.45) is -8.24. The van der Waals surface area contributed by atoms with Crippen molar-refractivity contribution in [3.8, 4) is 5.75 Å². The Morgan fingerprint density at radius 1 is 0.603 bits per heavy atom. The second-order valence-corrected chi connectivity index (χ2v) is 36.2. The molecule has 5 aromatic carbocycles. The Morgan fingerprint density at radius 2 is 1.12 bits per heavy atom. The summed E-state index contributed by atoms with van der Waals surface area (Å²) in [6.45, 7) is 9.90. The summed E-state index contributed by atoms with van der Waals surface area (Å²) in [5.41, 5.74) is -3.90. The standard InChI is InChI=1S/C56H67F3N4O13S.C31H37F3N2O7S/c1-10-51(76-50(67)56(57,58)59)29-35(31-74-77(69,70)36-19-17-33(3)18-20-36)30-54(48(65)72-8,44-38(21-25-61(5)32-51)37-15-12-13-16-41(37)60-44)40-27-39-42(28-43(40)71-7)62(6)46-53(39)23-26-63-24-14-22-52(11-2,45(53)63)47(75-34(4)64)55(46,68)49(66)73-9;1-5-30(43-29(38)31(32,33)34)17-21(18-42-44(39,40)22-12-10-20(2)11-13-22)16-25(28(37)41-4)27-24(14-15-36(3)19-30)23-8-6-7-9-26(23)35-27/h12-20,22,27-28,35,45-47,60,68H,10-11,21,23-26,29-32H2,1-9H3;6-13,21,25,35H,5,14-19H2,1-4H3/t35-,45-,46+,47+,51-,52+,53?,54-,55?;21-,25?,30+/m01/s1. The molecule has 0 radical (unpaired) electrons. The van der Waals surface area contributed by atoms with E-state index in [1.54, 1.807) is 93.9 Å². The van der Waals surface area contributed by atoms with Gasteiger partial charge in [0.2, 0.25) is 5.60 Å². The van der Waals surface area contributed by atoms with Crippen LogP contribution in [-0.4, -0.2) is 232 Å². The maximum Gasteiger partial charge on any atom is 0.490 e. The number of hydrogen-bond acceptors (Lipinski definition) is 24. The summed E-state index contributed by atoms with van der Waals surface area (Å²) in [4.78, 5) is 96.6. The zero-order chi connectivity index (χ0) is 88.1. The summed E-state index contributed by atoms with van der Waals surface area (Å²) in [5.74, 6) is -10.9. The monoisotopic (exact) mass is 1730 g/mol. The number of halogens is 6. The number of benzene rings is 5. The molecule has 1 spiro atoms. The summed E-state index contributed by atoms with van der Waals surface area (Å²) in [5, 5.41) is 15.1. The number of likely N-dealkylation sites (N-methyl/N-ethyl adjacent to an activating group) is 3. The molecular formula is C87H104F6N6O20S2. The molecule has 0 bridgehead atoms. The van der Waals surface area contributed by atoms with Gasteiger partial charge in [-0.2, -0.15) is 43.2 Å². The van der Waals surface area contributed by atoms with E-state index in [4.69, 9.17) is 41.5 Å². The molecular weight excluding hydrogens is 1630 g/mol. The van der Waals surface area contributed by atoms with Crippen molar-refractivity contribution in [3.63, 3.8) is 0 Å². The van der Waals surface area contributed by atoms with Crippen molar-refractivity contribution in [2.75, 3.05) is 107 Å². The van der Waals surface area contributed by atoms with Crippen LogP contribution in [0.4, 0.5) is 32.0 Å². The molecule has 656 valence electrons. The highest BCUT2D eigenvalue weighted by atomic mass is 32.2. The fourth-order valence-electron chi connectivity index (χ4n) is 20.3. The molecule has 1 saturated carbocycles. The predicted molar refractivity (Wildman–Crippen MR) is 432 cm³/mol.